The Labute approximate surface area is 244 Å². The van der Waals surface area contributed by atoms with Crippen LogP contribution in [0.1, 0.15) is 42.7 Å². The SMILES string of the molecule is CC(C)n1cc(C(=O)Cc2ccc(Oc3ccnc4[nH]nc(N[C@H](C)CO)c34)c(F)c2)c(=O)c(-c2ccc(F)cc2F)c1. The lowest BCUT2D eigenvalue weighted by atomic mass is 9.99. The number of fused-ring (bicyclic) bond motifs is 1. The Balaban J connectivity index is 1.43. The summed E-state index contributed by atoms with van der Waals surface area (Å²) in [6, 6.07) is 7.92. The second kappa shape index (κ2) is 12.1. The van der Waals surface area contributed by atoms with Gasteiger partial charge in [-0.05, 0) is 50.6 Å². The van der Waals surface area contributed by atoms with Gasteiger partial charge in [-0.25, -0.2) is 18.2 Å². The molecule has 0 bridgehead atoms. The fraction of sp³-hybridized carbons (Fsp3) is 0.226. The van der Waals surface area contributed by atoms with E-state index < -0.39 is 28.7 Å². The molecule has 0 unspecified atom stereocenters. The van der Waals surface area contributed by atoms with Crippen LogP contribution in [0.25, 0.3) is 22.2 Å². The maximum atomic E-state index is 15.2. The molecular formula is C31H28F3N5O4. The van der Waals surface area contributed by atoms with Gasteiger partial charge in [0.15, 0.2) is 34.2 Å². The molecule has 0 saturated carbocycles. The Morgan fingerprint density at radius 2 is 1.81 bits per heavy atom. The van der Waals surface area contributed by atoms with Crippen LogP contribution in [0.3, 0.4) is 0 Å². The lowest BCUT2D eigenvalue weighted by Crippen LogP contribution is -2.22. The minimum absolute atomic E-state index is 0.0860. The molecule has 2 aromatic carbocycles. The lowest BCUT2D eigenvalue weighted by molar-refractivity contribution is 0.0991. The number of ether oxygens (including phenoxy) is 1. The predicted molar refractivity (Wildman–Crippen MR) is 155 cm³/mol. The summed E-state index contributed by atoms with van der Waals surface area (Å²) in [7, 11) is 0. The van der Waals surface area contributed by atoms with Crippen molar-refractivity contribution in [2.24, 2.45) is 0 Å². The second-order valence-electron chi connectivity index (χ2n) is 10.4. The number of H-pyrrole nitrogens is 1. The van der Waals surface area contributed by atoms with Gasteiger partial charge in [0.25, 0.3) is 0 Å². The first-order valence-electron chi connectivity index (χ1n) is 13.5. The molecule has 0 aliphatic carbocycles. The molecule has 0 amide bonds. The molecule has 3 aromatic heterocycles. The van der Waals surface area contributed by atoms with Crippen molar-refractivity contribution in [1.82, 2.24) is 19.7 Å². The van der Waals surface area contributed by atoms with Gasteiger partial charge in [0, 0.05) is 60.4 Å². The number of hydrogen-bond donors (Lipinski definition) is 3. The summed E-state index contributed by atoms with van der Waals surface area (Å²) in [5.41, 5.74) is -0.456. The van der Waals surface area contributed by atoms with E-state index in [0.717, 1.165) is 18.2 Å². The summed E-state index contributed by atoms with van der Waals surface area (Å²) in [5.74, 6) is -2.56. The number of aliphatic hydroxyl groups excluding tert-OH is 1. The normalized spacial score (nSPS) is 12.1. The van der Waals surface area contributed by atoms with Crippen molar-refractivity contribution in [3.8, 4) is 22.6 Å². The molecule has 0 saturated heterocycles. The van der Waals surface area contributed by atoms with E-state index >= 15 is 4.39 Å². The molecule has 43 heavy (non-hydrogen) atoms. The van der Waals surface area contributed by atoms with Gasteiger partial charge in [-0.3, -0.25) is 14.7 Å². The fourth-order valence-corrected chi connectivity index (χ4v) is 4.52. The predicted octanol–water partition coefficient (Wildman–Crippen LogP) is 5.80. The number of anilines is 1. The molecule has 0 spiro atoms. The summed E-state index contributed by atoms with van der Waals surface area (Å²) < 4.78 is 50.8. The quantitative estimate of drug-likeness (QED) is 0.176. The smallest absolute Gasteiger partial charge is 0.200 e. The number of ketones is 1. The maximum Gasteiger partial charge on any atom is 0.200 e. The number of carbonyl (C=O) groups is 1. The minimum atomic E-state index is -0.928. The van der Waals surface area contributed by atoms with Gasteiger partial charge in [0.2, 0.25) is 0 Å². The van der Waals surface area contributed by atoms with Crippen LogP contribution in [0, 0.1) is 17.5 Å². The number of hydrogen-bond acceptors (Lipinski definition) is 7. The summed E-state index contributed by atoms with van der Waals surface area (Å²) in [5, 5.41) is 19.8. The van der Waals surface area contributed by atoms with Gasteiger partial charge >= 0.3 is 0 Å². The lowest BCUT2D eigenvalue weighted by Gasteiger charge is -2.15. The zero-order valence-electron chi connectivity index (χ0n) is 23.5. The highest BCUT2D eigenvalue weighted by Gasteiger charge is 2.21. The van der Waals surface area contributed by atoms with Crippen molar-refractivity contribution in [1.29, 1.82) is 0 Å². The Kier molecular flexibility index (Phi) is 8.31. The Morgan fingerprint density at radius 3 is 2.51 bits per heavy atom. The van der Waals surface area contributed by atoms with Crippen LogP contribution >= 0.6 is 0 Å². The van der Waals surface area contributed by atoms with Crippen LogP contribution in [-0.4, -0.2) is 43.3 Å². The van der Waals surface area contributed by atoms with Crippen LogP contribution in [0.4, 0.5) is 19.0 Å². The molecular weight excluding hydrogens is 563 g/mol. The summed E-state index contributed by atoms with van der Waals surface area (Å²) in [6.07, 6.45) is 3.97. The zero-order chi connectivity index (χ0) is 30.8. The summed E-state index contributed by atoms with van der Waals surface area (Å²) >= 11 is 0. The van der Waals surface area contributed by atoms with E-state index in [2.05, 4.69) is 20.5 Å². The molecule has 5 rings (SSSR count). The molecule has 12 heteroatoms. The van der Waals surface area contributed by atoms with Crippen LogP contribution < -0.4 is 15.5 Å². The highest BCUT2D eigenvalue weighted by molar-refractivity contribution is 5.98. The molecule has 0 aliphatic heterocycles. The number of aliphatic hydroxyl groups is 1. The highest BCUT2D eigenvalue weighted by atomic mass is 19.1. The molecule has 0 radical (unpaired) electrons. The number of carbonyl (C=O) groups excluding carboxylic acids is 1. The Morgan fingerprint density at radius 1 is 1.02 bits per heavy atom. The first-order valence-corrected chi connectivity index (χ1v) is 13.5. The average Bonchev–Trinajstić information content (AvgIpc) is 3.38. The summed E-state index contributed by atoms with van der Waals surface area (Å²) in [4.78, 5) is 30.8. The molecule has 3 heterocycles. The minimum Gasteiger partial charge on any atom is -0.453 e. The molecule has 0 aliphatic rings. The van der Waals surface area contributed by atoms with Crippen LogP contribution in [0.5, 0.6) is 11.5 Å². The second-order valence-corrected chi connectivity index (χ2v) is 10.4. The van der Waals surface area contributed by atoms with Crippen LogP contribution in [-0.2, 0) is 6.42 Å². The Bertz CT molecular complexity index is 1890. The van der Waals surface area contributed by atoms with E-state index in [1.165, 1.54) is 30.7 Å². The number of aromatic amines is 1. The molecule has 222 valence electrons. The largest absolute Gasteiger partial charge is 0.453 e. The third-order valence-corrected chi connectivity index (χ3v) is 6.82. The number of pyridine rings is 2. The maximum absolute atomic E-state index is 15.2. The topological polar surface area (TPSA) is 122 Å². The monoisotopic (exact) mass is 591 g/mol. The number of Topliss-reactive ketones (excluding diaryl/α,β-unsaturated/α-hetero) is 1. The zero-order valence-corrected chi connectivity index (χ0v) is 23.5. The third-order valence-electron chi connectivity index (χ3n) is 6.82. The van der Waals surface area contributed by atoms with Crippen LogP contribution in [0.2, 0.25) is 0 Å². The van der Waals surface area contributed by atoms with E-state index in [-0.39, 0.29) is 58.9 Å². The first-order chi connectivity index (χ1) is 20.5. The third kappa shape index (κ3) is 6.14. The van der Waals surface area contributed by atoms with Crippen molar-refractivity contribution in [3.05, 3.63) is 99.9 Å². The van der Waals surface area contributed by atoms with E-state index in [1.807, 2.05) is 13.8 Å². The van der Waals surface area contributed by atoms with E-state index in [9.17, 15) is 23.5 Å². The molecule has 5 aromatic rings. The van der Waals surface area contributed by atoms with Gasteiger partial charge in [-0.2, -0.15) is 5.10 Å². The molecule has 9 nitrogen and oxygen atoms in total. The van der Waals surface area contributed by atoms with Crippen molar-refractivity contribution < 1.29 is 27.8 Å². The van der Waals surface area contributed by atoms with Gasteiger partial charge in [0.05, 0.1) is 12.2 Å². The molecule has 3 N–H and O–H groups in total. The number of rotatable bonds is 10. The van der Waals surface area contributed by atoms with Crippen molar-refractivity contribution >= 4 is 22.6 Å². The summed E-state index contributed by atoms with van der Waals surface area (Å²) in [6.45, 7) is 5.26. The molecule has 1 atom stereocenters. The number of nitrogens with zero attached hydrogens (tertiary/aromatic N) is 3. The highest BCUT2D eigenvalue weighted by Crippen LogP contribution is 2.34. The first kappa shape index (κ1) is 29.5. The van der Waals surface area contributed by atoms with Gasteiger partial charge in [-0.1, -0.05) is 6.07 Å². The van der Waals surface area contributed by atoms with Crippen LogP contribution in [0.15, 0.2) is 65.8 Å². The fourth-order valence-electron chi connectivity index (χ4n) is 4.52. The number of aromatic nitrogens is 4. The van der Waals surface area contributed by atoms with E-state index in [1.54, 1.807) is 17.6 Å². The van der Waals surface area contributed by atoms with Crippen molar-refractivity contribution in [2.75, 3.05) is 11.9 Å². The average molecular weight is 592 g/mol. The number of halogens is 3. The standard InChI is InChI=1S/C31H28F3N5O4/c1-16(2)39-13-21(20-6-5-19(32)12-23(20)33)29(42)22(14-39)25(41)11-18-4-7-26(24(34)10-18)43-27-8-9-35-30-28(27)31(38-37-30)36-17(3)15-40/h4-10,12-14,16-17,40H,11,15H2,1-3H3,(H2,35,36,37,38)/t17-/m1/s1. The van der Waals surface area contributed by atoms with Gasteiger partial charge in [0.1, 0.15) is 22.8 Å². The van der Waals surface area contributed by atoms with E-state index in [0.29, 0.717) is 22.9 Å². The molecule has 0 fully saturated rings. The van der Waals surface area contributed by atoms with Crippen molar-refractivity contribution in [3.63, 3.8) is 0 Å². The van der Waals surface area contributed by atoms with E-state index in [4.69, 9.17) is 4.74 Å². The van der Waals surface area contributed by atoms with Gasteiger partial charge < -0.3 is 19.7 Å². The number of nitrogens with one attached hydrogen (secondary N) is 2. The Hall–Kier alpha value is -4.97. The van der Waals surface area contributed by atoms with Crippen molar-refractivity contribution in [2.45, 2.75) is 39.3 Å². The van der Waals surface area contributed by atoms with Gasteiger partial charge in [-0.15, -0.1) is 0 Å². The number of benzene rings is 2.